The highest BCUT2D eigenvalue weighted by atomic mass is 32.1. The van der Waals surface area contributed by atoms with Crippen molar-refractivity contribution in [1.82, 2.24) is 19.2 Å². The Morgan fingerprint density at radius 2 is 1.95 bits per heavy atom. The fraction of sp³-hybridized carbons (Fsp3) is 0.467. The van der Waals surface area contributed by atoms with E-state index in [4.69, 9.17) is 22.1 Å². The predicted octanol–water partition coefficient (Wildman–Crippen LogP) is 2.68. The lowest BCUT2D eigenvalue weighted by molar-refractivity contribution is 0.253. The van der Waals surface area contributed by atoms with Gasteiger partial charge in [0.05, 0.1) is 19.3 Å². The first-order valence-corrected chi connectivity index (χ1v) is 7.61. The second kappa shape index (κ2) is 5.99. The van der Waals surface area contributed by atoms with E-state index in [1.54, 1.807) is 7.11 Å². The Bertz CT molecular complexity index is 685. The van der Waals surface area contributed by atoms with Crippen molar-refractivity contribution < 1.29 is 4.74 Å². The summed E-state index contributed by atoms with van der Waals surface area (Å²) in [5, 5.41) is 4.71. The molecule has 21 heavy (non-hydrogen) atoms. The van der Waals surface area contributed by atoms with Gasteiger partial charge in [-0.15, -0.1) is 0 Å². The third-order valence-electron chi connectivity index (χ3n) is 3.92. The zero-order chi connectivity index (χ0) is 14.8. The van der Waals surface area contributed by atoms with Crippen molar-refractivity contribution in [3.63, 3.8) is 0 Å². The molecule has 0 amide bonds. The number of hydrogen-bond acceptors (Lipinski definition) is 4. The van der Waals surface area contributed by atoms with Gasteiger partial charge in [-0.1, -0.05) is 12.1 Å². The maximum Gasteiger partial charge on any atom is 0.199 e. The summed E-state index contributed by atoms with van der Waals surface area (Å²) in [5.74, 6) is 1.66. The smallest absolute Gasteiger partial charge is 0.199 e. The number of para-hydroxylation sites is 1. The van der Waals surface area contributed by atoms with E-state index in [1.165, 1.54) is 12.8 Å². The highest BCUT2D eigenvalue weighted by molar-refractivity contribution is 7.71. The second-order valence-electron chi connectivity index (χ2n) is 5.33. The quantitative estimate of drug-likeness (QED) is 0.814. The fourth-order valence-electron chi connectivity index (χ4n) is 2.76. The Balaban J connectivity index is 1.98. The Hall–Kier alpha value is -1.66. The van der Waals surface area contributed by atoms with E-state index < -0.39 is 0 Å². The van der Waals surface area contributed by atoms with Crippen LogP contribution in [-0.4, -0.2) is 39.4 Å². The average molecular weight is 304 g/mol. The lowest BCUT2D eigenvalue weighted by Crippen LogP contribution is -2.23. The van der Waals surface area contributed by atoms with E-state index in [1.807, 2.05) is 40.6 Å². The normalized spacial score (nSPS) is 15.5. The summed E-state index contributed by atoms with van der Waals surface area (Å²) in [5.41, 5.74) is 0.966. The number of rotatable bonds is 4. The molecule has 2 aromatic rings. The molecular formula is C15H20N4OS. The first-order valence-electron chi connectivity index (χ1n) is 7.20. The Morgan fingerprint density at radius 1 is 1.24 bits per heavy atom. The van der Waals surface area contributed by atoms with Crippen LogP contribution in [0.1, 0.15) is 12.8 Å². The molecule has 0 bridgehead atoms. The van der Waals surface area contributed by atoms with Crippen molar-refractivity contribution in [1.29, 1.82) is 0 Å². The van der Waals surface area contributed by atoms with E-state index in [9.17, 15) is 0 Å². The molecule has 1 aromatic heterocycles. The zero-order valence-corrected chi connectivity index (χ0v) is 13.3. The van der Waals surface area contributed by atoms with Gasteiger partial charge in [0, 0.05) is 7.05 Å². The highest BCUT2D eigenvalue weighted by Crippen LogP contribution is 2.28. The van der Waals surface area contributed by atoms with Gasteiger partial charge in [0.1, 0.15) is 5.75 Å². The molecule has 3 rings (SSSR count). The van der Waals surface area contributed by atoms with Crippen LogP contribution in [0.5, 0.6) is 5.75 Å². The number of methoxy groups -OCH3 is 1. The summed E-state index contributed by atoms with van der Waals surface area (Å²) in [6.45, 7) is 3.02. The molecule has 1 aliphatic rings. The molecule has 1 aliphatic heterocycles. The maximum absolute atomic E-state index is 5.52. The number of likely N-dealkylation sites (tertiary alicyclic amines) is 1. The largest absolute Gasteiger partial charge is 0.496 e. The molecule has 0 spiro atoms. The van der Waals surface area contributed by atoms with Gasteiger partial charge in [-0.2, -0.15) is 5.10 Å². The standard InChI is InChI=1S/C15H20N4OS/c1-17-14(12-7-3-4-8-13(12)20-2)16-19(15(17)21)11-18-9-5-6-10-18/h3-4,7-8H,5-6,9-11H2,1-2H3. The van der Waals surface area contributed by atoms with Gasteiger partial charge in [-0.25, -0.2) is 4.68 Å². The summed E-state index contributed by atoms with van der Waals surface area (Å²) in [6.07, 6.45) is 2.53. The second-order valence-corrected chi connectivity index (χ2v) is 5.70. The third kappa shape index (κ3) is 2.73. The summed E-state index contributed by atoms with van der Waals surface area (Å²) in [4.78, 5) is 2.38. The molecule has 1 saturated heterocycles. The molecule has 1 aromatic carbocycles. The Labute approximate surface area is 129 Å². The van der Waals surface area contributed by atoms with Crippen LogP contribution in [-0.2, 0) is 13.7 Å². The zero-order valence-electron chi connectivity index (χ0n) is 12.5. The first kappa shape index (κ1) is 14.3. The van der Waals surface area contributed by atoms with Crippen LogP contribution in [0.4, 0.5) is 0 Å². The molecule has 1 fully saturated rings. The van der Waals surface area contributed by atoms with Crippen molar-refractivity contribution in [3.05, 3.63) is 29.0 Å². The number of ether oxygens (including phenoxy) is 1. The van der Waals surface area contributed by atoms with Crippen LogP contribution in [0, 0.1) is 4.77 Å². The molecule has 5 nitrogen and oxygen atoms in total. The summed E-state index contributed by atoms with van der Waals surface area (Å²) >= 11 is 5.52. The van der Waals surface area contributed by atoms with Gasteiger partial charge in [0.25, 0.3) is 0 Å². The summed E-state index contributed by atoms with van der Waals surface area (Å²) in [6, 6.07) is 7.90. The number of benzene rings is 1. The fourth-order valence-corrected chi connectivity index (χ4v) is 2.94. The minimum Gasteiger partial charge on any atom is -0.496 e. The highest BCUT2D eigenvalue weighted by Gasteiger charge is 2.17. The Morgan fingerprint density at radius 3 is 2.67 bits per heavy atom. The predicted molar refractivity (Wildman–Crippen MR) is 84.8 cm³/mol. The van der Waals surface area contributed by atoms with Crippen LogP contribution < -0.4 is 4.74 Å². The lowest BCUT2D eigenvalue weighted by atomic mass is 10.2. The third-order valence-corrected chi connectivity index (χ3v) is 4.41. The van der Waals surface area contributed by atoms with E-state index in [2.05, 4.69) is 4.90 Å². The molecule has 2 heterocycles. The molecule has 0 radical (unpaired) electrons. The van der Waals surface area contributed by atoms with Gasteiger partial charge in [-0.3, -0.25) is 4.90 Å². The van der Waals surface area contributed by atoms with E-state index >= 15 is 0 Å². The van der Waals surface area contributed by atoms with E-state index in [-0.39, 0.29) is 0 Å². The molecule has 112 valence electrons. The van der Waals surface area contributed by atoms with Crippen LogP contribution >= 0.6 is 12.2 Å². The summed E-state index contributed by atoms with van der Waals surface area (Å²) in [7, 11) is 3.63. The van der Waals surface area contributed by atoms with Crippen molar-refractivity contribution in [2.75, 3.05) is 20.2 Å². The minimum atomic E-state index is 0.739. The number of hydrogen-bond donors (Lipinski definition) is 0. The Kier molecular flexibility index (Phi) is 4.07. The minimum absolute atomic E-state index is 0.739. The van der Waals surface area contributed by atoms with Crippen LogP contribution in [0.25, 0.3) is 11.4 Å². The molecule has 0 atom stereocenters. The number of nitrogens with zero attached hydrogens (tertiary/aromatic N) is 4. The molecule has 0 aliphatic carbocycles. The van der Waals surface area contributed by atoms with E-state index in [0.717, 1.165) is 41.7 Å². The van der Waals surface area contributed by atoms with Gasteiger partial charge < -0.3 is 9.30 Å². The van der Waals surface area contributed by atoms with Gasteiger partial charge in [0.15, 0.2) is 10.6 Å². The SMILES string of the molecule is COc1ccccc1-c1nn(CN2CCCC2)c(=S)n1C. The van der Waals surface area contributed by atoms with Gasteiger partial charge in [-0.05, 0) is 50.3 Å². The molecule has 0 unspecified atom stereocenters. The van der Waals surface area contributed by atoms with Crippen LogP contribution in [0.15, 0.2) is 24.3 Å². The molecular weight excluding hydrogens is 284 g/mol. The van der Waals surface area contributed by atoms with Gasteiger partial charge >= 0.3 is 0 Å². The van der Waals surface area contributed by atoms with Crippen LogP contribution in [0.3, 0.4) is 0 Å². The first-order chi connectivity index (χ1) is 10.2. The average Bonchev–Trinajstić information content (AvgIpc) is 3.11. The van der Waals surface area contributed by atoms with Gasteiger partial charge in [0.2, 0.25) is 0 Å². The van der Waals surface area contributed by atoms with E-state index in [0.29, 0.717) is 0 Å². The molecule has 0 N–H and O–H groups in total. The van der Waals surface area contributed by atoms with Crippen molar-refractivity contribution in [3.8, 4) is 17.1 Å². The monoisotopic (exact) mass is 304 g/mol. The maximum atomic E-state index is 5.52. The topological polar surface area (TPSA) is 35.2 Å². The summed E-state index contributed by atoms with van der Waals surface area (Å²) < 4.78 is 10.0. The van der Waals surface area contributed by atoms with Crippen molar-refractivity contribution in [2.45, 2.75) is 19.5 Å². The van der Waals surface area contributed by atoms with Crippen molar-refractivity contribution in [2.24, 2.45) is 7.05 Å². The molecule has 6 heteroatoms. The number of aromatic nitrogens is 3. The van der Waals surface area contributed by atoms with Crippen LogP contribution in [0.2, 0.25) is 0 Å². The molecule has 0 saturated carbocycles. The van der Waals surface area contributed by atoms with Crippen molar-refractivity contribution >= 4 is 12.2 Å². The lowest BCUT2D eigenvalue weighted by Gasteiger charge is -2.13.